The Balaban J connectivity index is 1.73. The lowest BCUT2D eigenvalue weighted by Crippen LogP contribution is -2.33. The topological polar surface area (TPSA) is 71.5 Å². The van der Waals surface area contributed by atoms with Crippen molar-refractivity contribution >= 4 is 11.6 Å². The van der Waals surface area contributed by atoms with Gasteiger partial charge in [0.2, 0.25) is 0 Å². The number of amides is 1. The van der Waals surface area contributed by atoms with Crippen LogP contribution in [0.2, 0.25) is 0 Å². The highest BCUT2D eigenvalue weighted by atomic mass is 16.3. The van der Waals surface area contributed by atoms with Crippen molar-refractivity contribution in [2.75, 3.05) is 18.0 Å². The molecule has 0 aliphatic carbocycles. The summed E-state index contributed by atoms with van der Waals surface area (Å²) in [7, 11) is 0. The second-order valence-corrected chi connectivity index (χ2v) is 6.64. The summed E-state index contributed by atoms with van der Waals surface area (Å²) in [6, 6.07) is 10.7. The van der Waals surface area contributed by atoms with Gasteiger partial charge in [-0.25, -0.2) is 0 Å². The van der Waals surface area contributed by atoms with Gasteiger partial charge in [-0.15, -0.1) is 0 Å². The molecule has 0 saturated carbocycles. The van der Waals surface area contributed by atoms with Crippen LogP contribution < -0.4 is 16.0 Å². The zero-order valence-electron chi connectivity index (χ0n) is 14.3. The number of para-hydroxylation sites is 1. The molecular weight excluding hydrogens is 302 g/mol. The Morgan fingerprint density at radius 3 is 3.00 bits per heavy atom. The first-order chi connectivity index (χ1) is 11.6. The lowest BCUT2D eigenvalue weighted by Gasteiger charge is -2.24. The minimum atomic E-state index is -0.171. The van der Waals surface area contributed by atoms with Crippen LogP contribution in [0.25, 0.3) is 0 Å². The van der Waals surface area contributed by atoms with Gasteiger partial charge in [-0.3, -0.25) is 4.79 Å². The number of nitrogens with zero attached hydrogens (tertiary/aromatic N) is 1. The summed E-state index contributed by atoms with van der Waals surface area (Å²) in [6.07, 6.45) is 2.62. The number of benzene rings is 1. The summed E-state index contributed by atoms with van der Waals surface area (Å²) >= 11 is 0. The van der Waals surface area contributed by atoms with Gasteiger partial charge in [-0.2, -0.15) is 0 Å². The second-order valence-electron chi connectivity index (χ2n) is 6.64. The number of carbonyl (C=O) groups is 1. The Bertz CT molecular complexity index is 710. The maximum atomic E-state index is 12.4. The molecule has 2 atom stereocenters. The van der Waals surface area contributed by atoms with Crippen LogP contribution in [0.5, 0.6) is 0 Å². The molecule has 0 spiro atoms. The van der Waals surface area contributed by atoms with E-state index in [1.807, 2.05) is 13.0 Å². The summed E-state index contributed by atoms with van der Waals surface area (Å²) in [5, 5.41) is 2.90. The van der Waals surface area contributed by atoms with Crippen molar-refractivity contribution in [2.24, 2.45) is 11.7 Å². The number of nitrogens with two attached hydrogens (primary N) is 1. The van der Waals surface area contributed by atoms with Crippen molar-refractivity contribution in [1.82, 2.24) is 5.32 Å². The number of hydrogen-bond donors (Lipinski definition) is 2. The average molecular weight is 327 g/mol. The SMILES string of the molecule is CC(CN)CNC(=O)c1occc1CN1c2ccccc2CC1C. The summed E-state index contributed by atoms with van der Waals surface area (Å²) < 4.78 is 5.46. The third-order valence-corrected chi connectivity index (χ3v) is 4.66. The number of fused-ring (bicyclic) bond motifs is 1. The van der Waals surface area contributed by atoms with Crippen LogP contribution in [0, 0.1) is 5.92 Å². The molecule has 1 aromatic heterocycles. The van der Waals surface area contributed by atoms with Crippen molar-refractivity contribution < 1.29 is 9.21 Å². The van der Waals surface area contributed by atoms with Crippen LogP contribution in [0.15, 0.2) is 41.0 Å². The average Bonchev–Trinajstić information content (AvgIpc) is 3.17. The molecule has 1 aliphatic heterocycles. The van der Waals surface area contributed by atoms with Crippen molar-refractivity contribution in [3.05, 3.63) is 53.5 Å². The third kappa shape index (κ3) is 3.31. The van der Waals surface area contributed by atoms with Crippen molar-refractivity contribution in [2.45, 2.75) is 32.9 Å². The number of carbonyl (C=O) groups excluding carboxylic acids is 1. The Labute approximate surface area is 142 Å². The number of rotatable bonds is 6. The van der Waals surface area contributed by atoms with Crippen molar-refractivity contribution in [1.29, 1.82) is 0 Å². The molecule has 2 aromatic rings. The quantitative estimate of drug-likeness (QED) is 0.855. The first kappa shape index (κ1) is 16.6. The molecule has 1 amide bonds. The smallest absolute Gasteiger partial charge is 0.287 e. The summed E-state index contributed by atoms with van der Waals surface area (Å²) in [5.41, 5.74) is 9.11. The summed E-state index contributed by atoms with van der Waals surface area (Å²) in [6.45, 7) is 5.99. The van der Waals surface area contributed by atoms with Crippen LogP contribution in [0.4, 0.5) is 5.69 Å². The Morgan fingerprint density at radius 2 is 2.21 bits per heavy atom. The molecular formula is C19H25N3O2. The molecule has 5 heteroatoms. The van der Waals surface area contributed by atoms with Crippen molar-refractivity contribution in [3.63, 3.8) is 0 Å². The number of furan rings is 1. The number of hydrogen-bond acceptors (Lipinski definition) is 4. The predicted octanol–water partition coefficient (Wildman–Crippen LogP) is 2.56. The molecule has 2 heterocycles. The molecule has 5 nitrogen and oxygen atoms in total. The normalized spacial score (nSPS) is 17.6. The molecule has 24 heavy (non-hydrogen) atoms. The molecule has 3 N–H and O–H groups in total. The standard InChI is InChI=1S/C19H25N3O2/c1-13(10-20)11-21-19(23)18-16(7-8-24-18)12-22-14(2)9-15-5-3-4-6-17(15)22/h3-8,13-14H,9-12,20H2,1-2H3,(H,21,23). The minimum Gasteiger partial charge on any atom is -0.459 e. The van der Waals surface area contributed by atoms with E-state index in [1.165, 1.54) is 11.3 Å². The lowest BCUT2D eigenvalue weighted by atomic mass is 10.1. The zero-order valence-corrected chi connectivity index (χ0v) is 14.3. The van der Waals surface area contributed by atoms with Gasteiger partial charge in [0.15, 0.2) is 5.76 Å². The van der Waals surface area contributed by atoms with Crippen LogP contribution >= 0.6 is 0 Å². The molecule has 0 fully saturated rings. The van der Waals surface area contributed by atoms with Gasteiger partial charge >= 0.3 is 0 Å². The van der Waals surface area contributed by atoms with E-state index in [1.54, 1.807) is 6.26 Å². The highest BCUT2D eigenvalue weighted by Gasteiger charge is 2.27. The number of anilines is 1. The highest BCUT2D eigenvalue weighted by Crippen LogP contribution is 2.33. The Hall–Kier alpha value is -2.27. The maximum Gasteiger partial charge on any atom is 0.287 e. The highest BCUT2D eigenvalue weighted by molar-refractivity contribution is 5.93. The molecule has 128 valence electrons. The zero-order chi connectivity index (χ0) is 17.1. The monoisotopic (exact) mass is 327 g/mol. The summed E-state index contributed by atoms with van der Waals surface area (Å²) in [4.78, 5) is 14.7. The van der Waals surface area contributed by atoms with Gasteiger partial charge in [0.05, 0.1) is 6.26 Å². The number of nitrogens with one attached hydrogen (secondary N) is 1. The fraction of sp³-hybridized carbons (Fsp3) is 0.421. The predicted molar refractivity (Wildman–Crippen MR) is 95.1 cm³/mol. The molecule has 0 saturated heterocycles. The molecule has 2 unspecified atom stereocenters. The van der Waals surface area contributed by atoms with E-state index in [-0.39, 0.29) is 11.8 Å². The first-order valence-corrected chi connectivity index (χ1v) is 8.49. The van der Waals surface area contributed by atoms with Gasteiger partial charge in [-0.1, -0.05) is 25.1 Å². The van der Waals surface area contributed by atoms with Gasteiger partial charge in [0.25, 0.3) is 5.91 Å². The van der Waals surface area contributed by atoms with E-state index >= 15 is 0 Å². The molecule has 0 radical (unpaired) electrons. The van der Waals surface area contributed by atoms with E-state index in [0.29, 0.717) is 31.4 Å². The Kier molecular flexibility index (Phi) is 4.90. The fourth-order valence-electron chi connectivity index (χ4n) is 3.14. The molecule has 1 aromatic carbocycles. The Morgan fingerprint density at radius 1 is 1.42 bits per heavy atom. The van der Waals surface area contributed by atoms with E-state index in [0.717, 1.165) is 12.0 Å². The van der Waals surface area contributed by atoms with Gasteiger partial charge in [0, 0.05) is 30.4 Å². The third-order valence-electron chi connectivity index (χ3n) is 4.66. The van der Waals surface area contributed by atoms with E-state index in [9.17, 15) is 4.79 Å². The minimum absolute atomic E-state index is 0.171. The van der Waals surface area contributed by atoms with Crippen molar-refractivity contribution in [3.8, 4) is 0 Å². The largest absolute Gasteiger partial charge is 0.459 e. The van der Waals surface area contributed by atoms with Crippen LogP contribution in [-0.2, 0) is 13.0 Å². The van der Waals surface area contributed by atoms with E-state index in [4.69, 9.17) is 10.2 Å². The summed E-state index contributed by atoms with van der Waals surface area (Å²) in [5.74, 6) is 0.476. The van der Waals surface area contributed by atoms with Crippen LogP contribution in [-0.4, -0.2) is 25.0 Å². The fourth-order valence-corrected chi connectivity index (χ4v) is 3.14. The second kappa shape index (κ2) is 7.09. The molecule has 3 rings (SSSR count). The van der Waals surface area contributed by atoms with Gasteiger partial charge < -0.3 is 20.4 Å². The maximum absolute atomic E-state index is 12.4. The van der Waals surface area contributed by atoms with Crippen LogP contribution in [0.3, 0.4) is 0 Å². The van der Waals surface area contributed by atoms with Crippen LogP contribution in [0.1, 0.15) is 35.5 Å². The van der Waals surface area contributed by atoms with E-state index < -0.39 is 0 Å². The lowest BCUT2D eigenvalue weighted by molar-refractivity contribution is 0.0919. The molecule has 0 bridgehead atoms. The first-order valence-electron chi connectivity index (χ1n) is 8.49. The van der Waals surface area contributed by atoms with E-state index in [2.05, 4.69) is 41.4 Å². The molecule has 1 aliphatic rings. The van der Waals surface area contributed by atoms with Gasteiger partial charge in [-0.05, 0) is 43.5 Å². The van der Waals surface area contributed by atoms with Gasteiger partial charge in [0.1, 0.15) is 0 Å².